The molecule has 1 rings (SSSR count). The number of carbonyl (C=O) groups is 1. The summed E-state index contributed by atoms with van der Waals surface area (Å²) in [5.74, 6) is 0.571. The predicted molar refractivity (Wildman–Crippen MR) is 52.7 cm³/mol. The van der Waals surface area contributed by atoms with Gasteiger partial charge in [0, 0.05) is 12.8 Å². The van der Waals surface area contributed by atoms with Crippen molar-refractivity contribution in [3.8, 4) is 0 Å². The Morgan fingerprint density at radius 3 is 2.85 bits per heavy atom. The summed E-state index contributed by atoms with van der Waals surface area (Å²) in [7, 11) is 0. The van der Waals surface area contributed by atoms with Crippen molar-refractivity contribution in [2.24, 2.45) is 11.0 Å². The fourth-order valence-corrected chi connectivity index (χ4v) is 1.51. The highest BCUT2D eigenvalue weighted by atomic mass is 16.2. The molecule has 2 N–H and O–H groups in total. The molecular weight excluding hydrogens is 166 g/mol. The molecule has 1 aliphatic rings. The maximum atomic E-state index is 10.9. The minimum Gasteiger partial charge on any atom is -0.337 e. The van der Waals surface area contributed by atoms with Crippen LogP contribution in [-0.2, 0) is 0 Å². The van der Waals surface area contributed by atoms with E-state index in [-0.39, 0.29) is 6.03 Å². The van der Waals surface area contributed by atoms with Gasteiger partial charge in [-0.3, -0.25) is 0 Å². The molecule has 0 heterocycles. The number of nitrogens with one attached hydrogen (secondary N) is 2. The van der Waals surface area contributed by atoms with Crippen molar-refractivity contribution < 1.29 is 4.79 Å². The molecule has 0 atom stereocenters. The average Bonchev–Trinajstić information content (AvgIpc) is 2.57. The minimum atomic E-state index is -0.225. The molecule has 13 heavy (non-hydrogen) atoms. The molecule has 0 spiro atoms. The first kappa shape index (κ1) is 10.0. The first-order valence-corrected chi connectivity index (χ1v) is 4.90. The van der Waals surface area contributed by atoms with E-state index in [1.165, 1.54) is 25.7 Å². The van der Waals surface area contributed by atoms with Gasteiger partial charge in [0.25, 0.3) is 0 Å². The van der Waals surface area contributed by atoms with Crippen LogP contribution >= 0.6 is 0 Å². The van der Waals surface area contributed by atoms with Crippen LogP contribution in [0.3, 0.4) is 0 Å². The normalized spacial score (nSPS) is 17.9. The largest absolute Gasteiger partial charge is 0.337 e. The van der Waals surface area contributed by atoms with Crippen LogP contribution in [0, 0.1) is 5.92 Å². The molecule has 0 saturated heterocycles. The third-order valence-corrected chi connectivity index (χ3v) is 2.19. The summed E-state index contributed by atoms with van der Waals surface area (Å²) in [5.41, 5.74) is 2.43. The zero-order valence-corrected chi connectivity index (χ0v) is 8.05. The Morgan fingerprint density at radius 1 is 1.54 bits per heavy atom. The molecule has 1 aliphatic carbocycles. The Labute approximate surface area is 78.8 Å². The van der Waals surface area contributed by atoms with E-state index in [1.54, 1.807) is 0 Å². The highest BCUT2D eigenvalue weighted by molar-refractivity contribution is 5.75. The van der Waals surface area contributed by atoms with Crippen molar-refractivity contribution in [2.45, 2.75) is 32.6 Å². The Kier molecular flexibility index (Phi) is 4.29. The van der Waals surface area contributed by atoms with E-state index in [0.717, 1.165) is 0 Å². The number of carbonyl (C=O) groups excluding carboxylic acids is 1. The molecule has 2 amide bonds. The van der Waals surface area contributed by atoms with Gasteiger partial charge in [0.1, 0.15) is 0 Å². The van der Waals surface area contributed by atoms with Gasteiger partial charge in [0.05, 0.1) is 0 Å². The van der Waals surface area contributed by atoms with Crippen molar-refractivity contribution in [1.82, 2.24) is 10.7 Å². The SMILES string of the molecule is CCNC(=O)N/N=C/C1CCCC1. The quantitative estimate of drug-likeness (QED) is 0.505. The molecular formula is C9H17N3O. The number of hydrogen-bond donors (Lipinski definition) is 2. The summed E-state index contributed by atoms with van der Waals surface area (Å²) in [6.07, 6.45) is 6.85. The summed E-state index contributed by atoms with van der Waals surface area (Å²) < 4.78 is 0. The topological polar surface area (TPSA) is 53.5 Å². The van der Waals surface area contributed by atoms with Gasteiger partial charge < -0.3 is 5.32 Å². The molecule has 4 nitrogen and oxygen atoms in total. The van der Waals surface area contributed by atoms with E-state index in [0.29, 0.717) is 12.5 Å². The monoisotopic (exact) mass is 183 g/mol. The highest BCUT2D eigenvalue weighted by Gasteiger charge is 2.11. The van der Waals surface area contributed by atoms with Crippen molar-refractivity contribution in [1.29, 1.82) is 0 Å². The van der Waals surface area contributed by atoms with Gasteiger partial charge in [-0.15, -0.1) is 0 Å². The molecule has 0 aliphatic heterocycles. The van der Waals surface area contributed by atoms with Crippen LogP contribution < -0.4 is 10.7 Å². The molecule has 4 heteroatoms. The van der Waals surface area contributed by atoms with Gasteiger partial charge in [-0.1, -0.05) is 12.8 Å². The second-order valence-electron chi connectivity index (χ2n) is 3.29. The van der Waals surface area contributed by atoms with Crippen molar-refractivity contribution >= 4 is 12.2 Å². The number of hydrogen-bond acceptors (Lipinski definition) is 2. The summed E-state index contributed by atoms with van der Waals surface area (Å²) >= 11 is 0. The zero-order valence-electron chi connectivity index (χ0n) is 8.05. The number of nitrogens with zero attached hydrogens (tertiary/aromatic N) is 1. The van der Waals surface area contributed by atoms with Gasteiger partial charge in [-0.25, -0.2) is 10.2 Å². The van der Waals surface area contributed by atoms with Crippen LogP contribution in [-0.4, -0.2) is 18.8 Å². The Balaban J connectivity index is 2.12. The van der Waals surface area contributed by atoms with E-state index in [2.05, 4.69) is 15.8 Å². The lowest BCUT2D eigenvalue weighted by molar-refractivity contribution is 0.242. The van der Waals surface area contributed by atoms with Gasteiger partial charge in [-0.2, -0.15) is 5.10 Å². The lowest BCUT2D eigenvalue weighted by Crippen LogP contribution is -2.32. The zero-order chi connectivity index (χ0) is 9.52. The minimum absolute atomic E-state index is 0.225. The van der Waals surface area contributed by atoms with Crippen LogP contribution in [0.5, 0.6) is 0 Å². The van der Waals surface area contributed by atoms with Crippen molar-refractivity contribution in [2.75, 3.05) is 6.54 Å². The van der Waals surface area contributed by atoms with Crippen LogP contribution in [0.25, 0.3) is 0 Å². The number of amides is 2. The van der Waals surface area contributed by atoms with E-state index in [4.69, 9.17) is 0 Å². The molecule has 0 aromatic carbocycles. The van der Waals surface area contributed by atoms with Gasteiger partial charge in [0.15, 0.2) is 0 Å². The maximum absolute atomic E-state index is 10.9. The first-order valence-electron chi connectivity index (χ1n) is 4.90. The number of rotatable bonds is 3. The Morgan fingerprint density at radius 2 is 2.23 bits per heavy atom. The number of hydrazone groups is 1. The highest BCUT2D eigenvalue weighted by Crippen LogP contribution is 2.22. The fraction of sp³-hybridized carbons (Fsp3) is 0.778. The van der Waals surface area contributed by atoms with Gasteiger partial charge in [0.2, 0.25) is 0 Å². The first-order chi connectivity index (χ1) is 6.33. The second kappa shape index (κ2) is 5.56. The molecule has 0 aromatic heterocycles. The fourth-order valence-electron chi connectivity index (χ4n) is 1.51. The molecule has 1 saturated carbocycles. The molecule has 1 fully saturated rings. The van der Waals surface area contributed by atoms with Crippen LogP contribution in [0.15, 0.2) is 5.10 Å². The van der Waals surface area contributed by atoms with Crippen LogP contribution in [0.4, 0.5) is 4.79 Å². The van der Waals surface area contributed by atoms with Crippen LogP contribution in [0.2, 0.25) is 0 Å². The van der Waals surface area contributed by atoms with E-state index < -0.39 is 0 Å². The molecule has 0 radical (unpaired) electrons. The molecule has 0 aromatic rings. The van der Waals surface area contributed by atoms with Gasteiger partial charge >= 0.3 is 6.03 Å². The summed E-state index contributed by atoms with van der Waals surface area (Å²) in [5, 5.41) is 6.49. The predicted octanol–water partition coefficient (Wildman–Crippen LogP) is 1.48. The lowest BCUT2D eigenvalue weighted by atomic mass is 10.1. The molecule has 0 bridgehead atoms. The summed E-state index contributed by atoms with van der Waals surface area (Å²) in [6.45, 7) is 2.51. The third-order valence-electron chi connectivity index (χ3n) is 2.19. The summed E-state index contributed by atoms with van der Waals surface area (Å²) in [6, 6.07) is -0.225. The van der Waals surface area contributed by atoms with E-state index >= 15 is 0 Å². The summed E-state index contributed by atoms with van der Waals surface area (Å²) in [4.78, 5) is 10.9. The number of urea groups is 1. The smallest absolute Gasteiger partial charge is 0.335 e. The lowest BCUT2D eigenvalue weighted by Gasteiger charge is -2.01. The standard InChI is InChI=1S/C9H17N3O/c1-2-10-9(13)12-11-7-8-5-3-4-6-8/h7-8H,2-6H2,1H3,(H2,10,12,13)/b11-7+. The molecule has 74 valence electrons. The van der Waals surface area contributed by atoms with Crippen molar-refractivity contribution in [3.05, 3.63) is 0 Å². The maximum Gasteiger partial charge on any atom is 0.335 e. The van der Waals surface area contributed by atoms with E-state index in [1.807, 2.05) is 13.1 Å². The Hall–Kier alpha value is -1.06. The van der Waals surface area contributed by atoms with E-state index in [9.17, 15) is 4.79 Å². The Bertz CT molecular complexity index is 185. The second-order valence-corrected chi connectivity index (χ2v) is 3.29. The van der Waals surface area contributed by atoms with Gasteiger partial charge in [-0.05, 0) is 25.7 Å². The third kappa shape index (κ3) is 3.92. The van der Waals surface area contributed by atoms with Crippen LogP contribution in [0.1, 0.15) is 32.6 Å². The molecule has 0 unspecified atom stereocenters. The average molecular weight is 183 g/mol. The van der Waals surface area contributed by atoms with Crippen molar-refractivity contribution in [3.63, 3.8) is 0 Å².